The normalized spacial score (nSPS) is 15.7. The molecule has 1 atom stereocenters. The molecule has 5 rings (SSSR count). The zero-order chi connectivity index (χ0) is 22.8. The minimum absolute atomic E-state index is 0.0642. The van der Waals surface area contributed by atoms with Gasteiger partial charge in [0.1, 0.15) is 11.3 Å². The molecule has 7 heteroatoms. The second-order valence-corrected chi connectivity index (χ2v) is 7.89. The third-order valence-electron chi connectivity index (χ3n) is 5.65. The predicted octanol–water partition coefficient (Wildman–Crippen LogP) is 4.89. The predicted molar refractivity (Wildman–Crippen MR) is 126 cm³/mol. The van der Waals surface area contributed by atoms with Gasteiger partial charge in [0.2, 0.25) is 17.7 Å². The molecule has 0 aliphatic carbocycles. The van der Waals surface area contributed by atoms with Crippen molar-refractivity contribution in [2.45, 2.75) is 13.3 Å². The van der Waals surface area contributed by atoms with Crippen LogP contribution in [0.4, 0.5) is 11.4 Å². The van der Waals surface area contributed by atoms with Crippen molar-refractivity contribution in [3.05, 3.63) is 72.8 Å². The number of nitrogens with one attached hydrogen (secondary N) is 1. The van der Waals surface area contributed by atoms with Gasteiger partial charge in [-0.15, -0.1) is 0 Å². The summed E-state index contributed by atoms with van der Waals surface area (Å²) in [6.07, 6.45) is 0.181. The zero-order valence-corrected chi connectivity index (χ0v) is 18.2. The number of ether oxygens (including phenoxy) is 1. The summed E-state index contributed by atoms with van der Waals surface area (Å²) >= 11 is 0. The van der Waals surface area contributed by atoms with Crippen LogP contribution in [-0.4, -0.2) is 29.9 Å². The molecule has 1 saturated heterocycles. The highest BCUT2D eigenvalue weighted by atomic mass is 16.5. The number of amides is 2. The lowest BCUT2D eigenvalue weighted by atomic mass is 10.1. The summed E-state index contributed by atoms with van der Waals surface area (Å²) in [5.41, 5.74) is 3.77. The fourth-order valence-electron chi connectivity index (χ4n) is 3.96. The first-order valence-electron chi connectivity index (χ1n) is 10.9. The third kappa shape index (κ3) is 4.30. The summed E-state index contributed by atoms with van der Waals surface area (Å²) < 4.78 is 11.2. The van der Waals surface area contributed by atoms with Gasteiger partial charge in [-0.2, -0.15) is 0 Å². The van der Waals surface area contributed by atoms with Crippen molar-refractivity contribution < 1.29 is 18.7 Å². The Labute approximate surface area is 191 Å². The Kier molecular flexibility index (Phi) is 5.52. The van der Waals surface area contributed by atoms with E-state index in [1.165, 1.54) is 0 Å². The van der Waals surface area contributed by atoms with E-state index < -0.39 is 5.92 Å². The van der Waals surface area contributed by atoms with E-state index in [1.807, 2.05) is 79.7 Å². The molecule has 2 heterocycles. The number of carbonyl (C=O) groups excluding carboxylic acids is 2. The van der Waals surface area contributed by atoms with Crippen LogP contribution >= 0.6 is 0 Å². The van der Waals surface area contributed by atoms with Gasteiger partial charge in [0, 0.05) is 29.9 Å². The topological polar surface area (TPSA) is 84.7 Å². The fourth-order valence-corrected chi connectivity index (χ4v) is 3.96. The number of hydrogen-bond donors (Lipinski definition) is 1. The van der Waals surface area contributed by atoms with E-state index in [9.17, 15) is 9.59 Å². The molecule has 0 saturated carbocycles. The smallest absolute Gasteiger partial charge is 0.229 e. The van der Waals surface area contributed by atoms with Crippen molar-refractivity contribution in [2.24, 2.45) is 5.92 Å². The van der Waals surface area contributed by atoms with Gasteiger partial charge in [-0.3, -0.25) is 9.59 Å². The van der Waals surface area contributed by atoms with E-state index in [0.29, 0.717) is 24.7 Å². The van der Waals surface area contributed by atoms with Crippen LogP contribution in [0.25, 0.3) is 22.6 Å². The minimum Gasteiger partial charge on any atom is -0.494 e. The Morgan fingerprint density at radius 3 is 2.58 bits per heavy atom. The highest BCUT2D eigenvalue weighted by molar-refractivity contribution is 6.03. The lowest BCUT2D eigenvalue weighted by Crippen LogP contribution is -2.28. The lowest BCUT2D eigenvalue weighted by Gasteiger charge is -2.17. The van der Waals surface area contributed by atoms with E-state index in [-0.39, 0.29) is 18.2 Å². The van der Waals surface area contributed by atoms with E-state index in [4.69, 9.17) is 9.15 Å². The van der Waals surface area contributed by atoms with E-state index in [1.54, 1.807) is 4.90 Å². The Morgan fingerprint density at radius 1 is 1.09 bits per heavy atom. The molecular formula is C26H23N3O4. The Hall–Kier alpha value is -4.13. The number of rotatable bonds is 6. The second-order valence-electron chi connectivity index (χ2n) is 7.89. The maximum absolute atomic E-state index is 12.8. The largest absolute Gasteiger partial charge is 0.494 e. The van der Waals surface area contributed by atoms with Gasteiger partial charge in [-0.05, 0) is 67.6 Å². The van der Waals surface area contributed by atoms with Crippen molar-refractivity contribution >= 4 is 34.3 Å². The van der Waals surface area contributed by atoms with E-state index >= 15 is 0 Å². The first-order chi connectivity index (χ1) is 16.1. The fraction of sp³-hybridized carbons (Fsp3) is 0.192. The molecule has 2 amide bonds. The molecule has 3 aromatic carbocycles. The molecule has 1 fully saturated rings. The molecule has 33 heavy (non-hydrogen) atoms. The average molecular weight is 441 g/mol. The molecular weight excluding hydrogens is 418 g/mol. The van der Waals surface area contributed by atoms with Crippen molar-refractivity contribution in [3.8, 4) is 17.2 Å². The van der Waals surface area contributed by atoms with Crippen LogP contribution in [0.5, 0.6) is 5.75 Å². The van der Waals surface area contributed by atoms with Crippen LogP contribution in [-0.2, 0) is 9.59 Å². The van der Waals surface area contributed by atoms with E-state index in [0.717, 1.165) is 28.1 Å². The Morgan fingerprint density at radius 2 is 1.85 bits per heavy atom. The average Bonchev–Trinajstić information content (AvgIpc) is 3.44. The summed E-state index contributed by atoms with van der Waals surface area (Å²) in [4.78, 5) is 31.5. The molecule has 4 aromatic rings. The van der Waals surface area contributed by atoms with Crippen LogP contribution in [0, 0.1) is 5.92 Å². The van der Waals surface area contributed by atoms with Crippen molar-refractivity contribution in [2.75, 3.05) is 23.4 Å². The number of para-hydroxylation sites is 2. The summed E-state index contributed by atoms with van der Waals surface area (Å²) in [6, 6.07) is 22.3. The van der Waals surface area contributed by atoms with Crippen LogP contribution in [0.3, 0.4) is 0 Å². The lowest BCUT2D eigenvalue weighted by molar-refractivity contribution is -0.122. The van der Waals surface area contributed by atoms with Crippen molar-refractivity contribution in [1.82, 2.24) is 4.98 Å². The van der Waals surface area contributed by atoms with Crippen LogP contribution in [0.2, 0.25) is 0 Å². The first-order valence-corrected chi connectivity index (χ1v) is 10.9. The second kappa shape index (κ2) is 8.78. The van der Waals surface area contributed by atoms with Crippen LogP contribution in [0.15, 0.2) is 77.2 Å². The molecule has 0 spiro atoms. The van der Waals surface area contributed by atoms with Gasteiger partial charge in [0.15, 0.2) is 5.58 Å². The van der Waals surface area contributed by atoms with Gasteiger partial charge in [0.05, 0.1) is 12.5 Å². The van der Waals surface area contributed by atoms with Gasteiger partial charge >= 0.3 is 0 Å². The SMILES string of the molecule is CCOc1ccc(N2CC(C(=O)Nc3ccc(-c4nc5ccccc5o4)cc3)CC2=O)cc1. The van der Waals surface area contributed by atoms with Crippen LogP contribution < -0.4 is 15.0 Å². The highest BCUT2D eigenvalue weighted by Gasteiger charge is 2.35. The number of nitrogens with zero attached hydrogens (tertiary/aromatic N) is 2. The molecule has 1 aromatic heterocycles. The van der Waals surface area contributed by atoms with Gasteiger partial charge < -0.3 is 19.4 Å². The maximum Gasteiger partial charge on any atom is 0.229 e. The summed E-state index contributed by atoms with van der Waals surface area (Å²) in [6.45, 7) is 2.85. The number of aromatic nitrogens is 1. The number of oxazole rings is 1. The molecule has 0 radical (unpaired) electrons. The molecule has 1 aliphatic heterocycles. The quantitative estimate of drug-likeness (QED) is 0.461. The summed E-state index contributed by atoms with van der Waals surface area (Å²) in [7, 11) is 0. The molecule has 7 nitrogen and oxygen atoms in total. The van der Waals surface area contributed by atoms with Gasteiger partial charge in [0.25, 0.3) is 0 Å². The monoisotopic (exact) mass is 441 g/mol. The number of hydrogen-bond acceptors (Lipinski definition) is 5. The third-order valence-corrected chi connectivity index (χ3v) is 5.65. The Balaban J connectivity index is 1.23. The number of carbonyl (C=O) groups is 2. The first kappa shape index (κ1) is 20.8. The number of anilines is 2. The standard InChI is InChI=1S/C26H23N3O4/c1-2-32-21-13-11-20(12-14-21)29-16-18(15-24(29)30)25(31)27-19-9-7-17(8-10-19)26-28-22-5-3-4-6-23(22)33-26/h3-14,18H,2,15-16H2,1H3,(H,27,31). The van der Waals surface area contributed by atoms with Gasteiger partial charge in [-0.1, -0.05) is 12.1 Å². The van der Waals surface area contributed by atoms with Crippen LogP contribution in [0.1, 0.15) is 13.3 Å². The Bertz CT molecular complexity index is 1260. The number of benzene rings is 3. The zero-order valence-electron chi connectivity index (χ0n) is 18.2. The molecule has 1 unspecified atom stereocenters. The molecule has 0 bridgehead atoms. The van der Waals surface area contributed by atoms with E-state index in [2.05, 4.69) is 10.3 Å². The van der Waals surface area contributed by atoms with Crippen molar-refractivity contribution in [1.29, 1.82) is 0 Å². The molecule has 166 valence electrons. The van der Waals surface area contributed by atoms with Gasteiger partial charge in [-0.25, -0.2) is 4.98 Å². The summed E-state index contributed by atoms with van der Waals surface area (Å²) in [5, 5.41) is 2.92. The molecule has 1 aliphatic rings. The molecule has 1 N–H and O–H groups in total. The summed E-state index contributed by atoms with van der Waals surface area (Å²) in [5.74, 6) is 0.628. The maximum atomic E-state index is 12.8. The minimum atomic E-state index is -0.416. The van der Waals surface area contributed by atoms with Crippen molar-refractivity contribution in [3.63, 3.8) is 0 Å². The number of fused-ring (bicyclic) bond motifs is 1. The highest BCUT2D eigenvalue weighted by Crippen LogP contribution is 2.29.